The number of amides is 1. The van der Waals surface area contributed by atoms with Crippen LogP contribution in [0.3, 0.4) is 0 Å². The molecule has 1 aliphatic rings. The quantitative estimate of drug-likeness (QED) is 0.921. The minimum atomic E-state index is -0.145. The largest absolute Gasteiger partial charge is 0.363 e. The van der Waals surface area contributed by atoms with Crippen molar-refractivity contribution in [2.45, 2.75) is 26.4 Å². The summed E-state index contributed by atoms with van der Waals surface area (Å²) in [7, 11) is 0. The Kier molecular flexibility index (Phi) is 4.53. The minimum Gasteiger partial charge on any atom is -0.363 e. The van der Waals surface area contributed by atoms with Crippen LogP contribution in [0.4, 0.5) is 11.4 Å². The summed E-state index contributed by atoms with van der Waals surface area (Å²) in [5.41, 5.74) is 4.90. The first kappa shape index (κ1) is 15.4. The van der Waals surface area contributed by atoms with Crippen LogP contribution >= 0.6 is 0 Å². The van der Waals surface area contributed by atoms with Crippen molar-refractivity contribution in [3.8, 4) is 0 Å². The van der Waals surface area contributed by atoms with Crippen LogP contribution in [0.5, 0.6) is 0 Å². The molecule has 0 fully saturated rings. The van der Waals surface area contributed by atoms with Gasteiger partial charge in [0.25, 0.3) is 0 Å². The SMILES string of the molecule is CC1=Nc2ccccc2[C@H](OCC(=O)Nc2cccc(C)c2)C1. The molecule has 1 aliphatic heterocycles. The summed E-state index contributed by atoms with van der Waals surface area (Å²) < 4.78 is 5.85. The molecule has 23 heavy (non-hydrogen) atoms. The van der Waals surface area contributed by atoms with Crippen molar-refractivity contribution >= 4 is 23.0 Å². The number of fused-ring (bicyclic) bond motifs is 1. The molecule has 4 heteroatoms. The zero-order chi connectivity index (χ0) is 16.2. The van der Waals surface area contributed by atoms with E-state index < -0.39 is 0 Å². The monoisotopic (exact) mass is 308 g/mol. The normalized spacial score (nSPS) is 16.4. The molecule has 0 aromatic heterocycles. The van der Waals surface area contributed by atoms with Crippen LogP contribution < -0.4 is 5.32 Å². The van der Waals surface area contributed by atoms with Gasteiger partial charge >= 0.3 is 0 Å². The highest BCUT2D eigenvalue weighted by molar-refractivity contribution is 5.92. The van der Waals surface area contributed by atoms with Gasteiger partial charge in [-0.3, -0.25) is 9.79 Å². The van der Waals surface area contributed by atoms with E-state index in [1.54, 1.807) is 0 Å². The molecule has 2 aromatic rings. The summed E-state index contributed by atoms with van der Waals surface area (Å²) in [6, 6.07) is 15.6. The van der Waals surface area contributed by atoms with Crippen molar-refractivity contribution in [1.29, 1.82) is 0 Å². The van der Waals surface area contributed by atoms with Crippen molar-refractivity contribution in [2.24, 2.45) is 4.99 Å². The fraction of sp³-hybridized carbons (Fsp3) is 0.263. The number of hydrogen-bond donors (Lipinski definition) is 1. The predicted octanol–water partition coefficient (Wildman–Crippen LogP) is 4.19. The first-order chi connectivity index (χ1) is 11.1. The fourth-order valence-corrected chi connectivity index (χ4v) is 2.74. The summed E-state index contributed by atoms with van der Waals surface area (Å²) in [5.74, 6) is -0.145. The van der Waals surface area contributed by atoms with E-state index in [1.807, 2.05) is 62.4 Å². The summed E-state index contributed by atoms with van der Waals surface area (Å²) in [4.78, 5) is 16.6. The highest BCUT2D eigenvalue weighted by Gasteiger charge is 2.22. The second kappa shape index (κ2) is 6.75. The average molecular weight is 308 g/mol. The van der Waals surface area contributed by atoms with E-state index in [1.165, 1.54) is 0 Å². The van der Waals surface area contributed by atoms with Crippen LogP contribution in [0.1, 0.15) is 30.6 Å². The van der Waals surface area contributed by atoms with Gasteiger partial charge in [-0.15, -0.1) is 0 Å². The third-order valence-electron chi connectivity index (χ3n) is 3.79. The summed E-state index contributed by atoms with van der Waals surface area (Å²) in [6.07, 6.45) is 0.598. The Morgan fingerprint density at radius 3 is 2.87 bits per heavy atom. The van der Waals surface area contributed by atoms with Crippen LogP contribution in [0.25, 0.3) is 0 Å². The first-order valence-electron chi connectivity index (χ1n) is 7.73. The van der Waals surface area contributed by atoms with Crippen molar-refractivity contribution in [2.75, 3.05) is 11.9 Å². The number of aliphatic imine (C=N–C) groups is 1. The molecule has 0 saturated heterocycles. The molecule has 1 amide bonds. The zero-order valence-corrected chi connectivity index (χ0v) is 13.4. The molecular weight excluding hydrogens is 288 g/mol. The van der Waals surface area contributed by atoms with Gasteiger partial charge in [-0.25, -0.2) is 0 Å². The lowest BCUT2D eigenvalue weighted by atomic mass is 9.99. The number of anilines is 1. The standard InChI is InChI=1S/C19H20N2O2/c1-13-6-5-7-15(10-13)21-19(22)12-23-18-11-14(2)20-17-9-4-3-8-16(17)18/h3-10,18H,11-12H2,1-2H3,(H,21,22)/t18-/m1/s1. The topological polar surface area (TPSA) is 50.7 Å². The van der Waals surface area contributed by atoms with E-state index in [-0.39, 0.29) is 18.6 Å². The fourth-order valence-electron chi connectivity index (χ4n) is 2.74. The number of nitrogens with zero attached hydrogens (tertiary/aromatic N) is 1. The molecule has 118 valence electrons. The molecule has 0 aliphatic carbocycles. The average Bonchev–Trinajstić information content (AvgIpc) is 2.52. The smallest absolute Gasteiger partial charge is 0.250 e. The van der Waals surface area contributed by atoms with Crippen LogP contribution in [0.2, 0.25) is 0 Å². The number of hydrogen-bond acceptors (Lipinski definition) is 3. The Morgan fingerprint density at radius 2 is 2.04 bits per heavy atom. The van der Waals surface area contributed by atoms with Crippen LogP contribution in [-0.4, -0.2) is 18.2 Å². The summed E-state index contributed by atoms with van der Waals surface area (Å²) in [6.45, 7) is 4.01. The first-order valence-corrected chi connectivity index (χ1v) is 7.73. The minimum absolute atomic E-state index is 0.0280. The van der Waals surface area contributed by atoms with E-state index >= 15 is 0 Å². The Labute approximate surface area is 136 Å². The predicted molar refractivity (Wildman–Crippen MR) is 92.3 cm³/mol. The highest BCUT2D eigenvalue weighted by atomic mass is 16.5. The van der Waals surface area contributed by atoms with E-state index in [2.05, 4.69) is 10.3 Å². The van der Waals surface area contributed by atoms with Gasteiger partial charge < -0.3 is 10.1 Å². The number of para-hydroxylation sites is 1. The van der Waals surface area contributed by atoms with Gasteiger partial charge in [0.1, 0.15) is 6.61 Å². The molecule has 2 aromatic carbocycles. The lowest BCUT2D eigenvalue weighted by Crippen LogP contribution is -2.22. The highest BCUT2D eigenvalue weighted by Crippen LogP contribution is 2.34. The number of nitrogens with one attached hydrogen (secondary N) is 1. The second-order valence-electron chi connectivity index (χ2n) is 5.83. The van der Waals surface area contributed by atoms with Crippen LogP contribution in [0, 0.1) is 6.92 Å². The number of ether oxygens (including phenoxy) is 1. The van der Waals surface area contributed by atoms with E-state index in [4.69, 9.17) is 4.74 Å². The number of carbonyl (C=O) groups excluding carboxylic acids is 1. The number of benzene rings is 2. The molecule has 1 heterocycles. The van der Waals surface area contributed by atoms with Gasteiger partial charge in [-0.2, -0.15) is 0 Å². The Hall–Kier alpha value is -2.46. The molecule has 0 unspecified atom stereocenters. The maximum Gasteiger partial charge on any atom is 0.250 e. The number of rotatable bonds is 4. The summed E-state index contributed by atoms with van der Waals surface area (Å²) >= 11 is 0. The van der Waals surface area contributed by atoms with Gasteiger partial charge in [-0.1, -0.05) is 30.3 Å². The van der Waals surface area contributed by atoms with Crippen molar-refractivity contribution in [1.82, 2.24) is 0 Å². The van der Waals surface area contributed by atoms with E-state index in [9.17, 15) is 4.79 Å². The molecule has 0 spiro atoms. The van der Waals surface area contributed by atoms with Gasteiger partial charge in [0.2, 0.25) is 5.91 Å². The number of aryl methyl sites for hydroxylation is 1. The Morgan fingerprint density at radius 1 is 1.22 bits per heavy atom. The maximum absolute atomic E-state index is 12.1. The lowest BCUT2D eigenvalue weighted by molar-refractivity contribution is -0.122. The molecule has 3 rings (SSSR count). The molecule has 0 bridgehead atoms. The van der Waals surface area contributed by atoms with Gasteiger partial charge in [0.05, 0.1) is 11.8 Å². The van der Waals surface area contributed by atoms with Crippen molar-refractivity contribution < 1.29 is 9.53 Å². The van der Waals surface area contributed by atoms with Crippen LogP contribution in [-0.2, 0) is 9.53 Å². The third-order valence-corrected chi connectivity index (χ3v) is 3.79. The second-order valence-corrected chi connectivity index (χ2v) is 5.83. The molecule has 0 radical (unpaired) electrons. The van der Waals surface area contributed by atoms with Gasteiger partial charge in [-0.05, 0) is 37.6 Å². The van der Waals surface area contributed by atoms with Crippen LogP contribution in [0.15, 0.2) is 53.5 Å². The van der Waals surface area contributed by atoms with Gasteiger partial charge in [0.15, 0.2) is 0 Å². The van der Waals surface area contributed by atoms with Crippen molar-refractivity contribution in [3.63, 3.8) is 0 Å². The summed E-state index contributed by atoms with van der Waals surface area (Å²) in [5, 5.41) is 2.86. The molecule has 4 nitrogen and oxygen atoms in total. The Bertz CT molecular complexity index is 753. The van der Waals surface area contributed by atoms with E-state index in [0.717, 1.165) is 34.6 Å². The molecule has 1 atom stereocenters. The van der Waals surface area contributed by atoms with Crippen molar-refractivity contribution in [3.05, 3.63) is 59.7 Å². The lowest BCUT2D eigenvalue weighted by Gasteiger charge is -2.23. The maximum atomic E-state index is 12.1. The van der Waals surface area contributed by atoms with E-state index in [0.29, 0.717) is 0 Å². The third kappa shape index (κ3) is 3.85. The zero-order valence-electron chi connectivity index (χ0n) is 13.4. The molecule has 1 N–H and O–H groups in total. The Balaban J connectivity index is 1.62. The molecule has 0 saturated carbocycles. The number of carbonyl (C=O) groups is 1. The molecular formula is C19H20N2O2. The van der Waals surface area contributed by atoms with Gasteiger partial charge in [0, 0.05) is 23.4 Å².